The normalized spacial score (nSPS) is 10.8. The van der Waals surface area contributed by atoms with E-state index in [-0.39, 0.29) is 28.2 Å². The van der Waals surface area contributed by atoms with Crippen LogP contribution in [0.1, 0.15) is 16.2 Å². The third-order valence-corrected chi connectivity index (χ3v) is 4.08. The second kappa shape index (κ2) is 7.09. The molecule has 0 aliphatic carbocycles. The number of urea groups is 1. The molecule has 0 aliphatic heterocycles. The molecule has 0 unspecified atom stereocenters. The van der Waals surface area contributed by atoms with Gasteiger partial charge in [0.25, 0.3) is 10.0 Å². The number of aromatic nitrogens is 3. The van der Waals surface area contributed by atoms with Crippen LogP contribution in [0.15, 0.2) is 29.2 Å². The Bertz CT molecular complexity index is 930. The first-order valence-electron chi connectivity index (χ1n) is 6.65. The standard InChI is InChI=1S/C13H13N5O6S/c1-7-14-11(17-13(15-7)24-2)16-12(21)18-25(22,23)9-5-3-4-8(6-9)10(19)20/h3-6H,1-2H3,(H,19,20)(H2,14,15,16,17,18,21). The van der Waals surface area contributed by atoms with E-state index in [1.807, 2.05) is 0 Å². The number of methoxy groups -OCH3 is 1. The van der Waals surface area contributed by atoms with Gasteiger partial charge in [-0.05, 0) is 25.1 Å². The molecule has 0 radical (unpaired) electrons. The lowest BCUT2D eigenvalue weighted by molar-refractivity contribution is 0.0696. The van der Waals surface area contributed by atoms with Crippen LogP contribution < -0.4 is 14.8 Å². The van der Waals surface area contributed by atoms with Crippen LogP contribution in [0.5, 0.6) is 6.01 Å². The van der Waals surface area contributed by atoms with Gasteiger partial charge < -0.3 is 9.84 Å². The first-order chi connectivity index (χ1) is 11.7. The second-order valence-electron chi connectivity index (χ2n) is 4.59. The van der Waals surface area contributed by atoms with Gasteiger partial charge in [-0.15, -0.1) is 0 Å². The van der Waals surface area contributed by atoms with Crippen LogP contribution in [-0.4, -0.2) is 47.6 Å². The third-order valence-electron chi connectivity index (χ3n) is 2.75. The molecule has 1 aromatic heterocycles. The molecular weight excluding hydrogens is 354 g/mol. The van der Waals surface area contributed by atoms with Gasteiger partial charge in [0.2, 0.25) is 5.95 Å². The molecule has 2 rings (SSSR count). The summed E-state index contributed by atoms with van der Waals surface area (Å²) < 4.78 is 30.9. The van der Waals surface area contributed by atoms with E-state index in [0.29, 0.717) is 0 Å². The number of benzene rings is 1. The molecule has 2 aromatic rings. The van der Waals surface area contributed by atoms with E-state index in [9.17, 15) is 18.0 Å². The molecule has 0 spiro atoms. The molecule has 3 N–H and O–H groups in total. The fourth-order valence-corrected chi connectivity index (χ4v) is 2.66. The number of anilines is 1. The van der Waals surface area contributed by atoms with Crippen LogP contribution in [0.2, 0.25) is 0 Å². The lowest BCUT2D eigenvalue weighted by Gasteiger charge is -2.09. The minimum absolute atomic E-state index is 0.0557. The summed E-state index contributed by atoms with van der Waals surface area (Å²) in [6.45, 7) is 1.53. The first kappa shape index (κ1) is 18.1. The van der Waals surface area contributed by atoms with Crippen molar-refractivity contribution in [1.82, 2.24) is 19.7 Å². The molecule has 0 atom stereocenters. The molecule has 25 heavy (non-hydrogen) atoms. The maximum Gasteiger partial charge on any atom is 0.335 e. The predicted octanol–water partition coefficient (Wildman–Crippen LogP) is 0.397. The van der Waals surface area contributed by atoms with E-state index < -0.39 is 22.0 Å². The summed E-state index contributed by atoms with van der Waals surface area (Å²) in [4.78, 5) is 33.8. The fraction of sp³-hybridized carbons (Fsp3) is 0.154. The molecule has 0 aliphatic rings. The predicted molar refractivity (Wildman–Crippen MR) is 83.9 cm³/mol. The van der Waals surface area contributed by atoms with E-state index in [1.54, 1.807) is 4.72 Å². The highest BCUT2D eigenvalue weighted by atomic mass is 32.2. The number of amides is 2. The first-order valence-corrected chi connectivity index (χ1v) is 8.13. The zero-order valence-corrected chi connectivity index (χ0v) is 13.9. The van der Waals surface area contributed by atoms with E-state index in [4.69, 9.17) is 9.84 Å². The molecular formula is C13H13N5O6S. The van der Waals surface area contributed by atoms with Gasteiger partial charge in [-0.1, -0.05) is 6.07 Å². The lowest BCUT2D eigenvalue weighted by atomic mass is 10.2. The average molecular weight is 367 g/mol. The van der Waals surface area contributed by atoms with Gasteiger partial charge in [0.05, 0.1) is 17.6 Å². The number of hydrogen-bond acceptors (Lipinski definition) is 8. The monoisotopic (exact) mass is 367 g/mol. The molecule has 1 aromatic carbocycles. The topological polar surface area (TPSA) is 160 Å². The SMILES string of the molecule is COc1nc(C)nc(NC(=O)NS(=O)(=O)c2cccc(C(=O)O)c2)n1. The van der Waals surface area contributed by atoms with Crippen molar-refractivity contribution in [3.63, 3.8) is 0 Å². The zero-order valence-electron chi connectivity index (χ0n) is 13.0. The number of nitrogens with one attached hydrogen (secondary N) is 2. The number of sulfonamides is 1. The van der Waals surface area contributed by atoms with Crippen LogP contribution in [-0.2, 0) is 10.0 Å². The van der Waals surface area contributed by atoms with Crippen molar-refractivity contribution in [3.05, 3.63) is 35.7 Å². The Morgan fingerprint density at radius 3 is 2.56 bits per heavy atom. The van der Waals surface area contributed by atoms with Gasteiger partial charge in [-0.25, -0.2) is 22.7 Å². The number of carbonyl (C=O) groups is 2. The number of aryl methyl sites for hydroxylation is 1. The van der Waals surface area contributed by atoms with Gasteiger partial charge in [0.15, 0.2) is 0 Å². The molecule has 1 heterocycles. The van der Waals surface area contributed by atoms with E-state index in [1.165, 1.54) is 26.2 Å². The van der Waals surface area contributed by atoms with Crippen LogP contribution in [0.4, 0.5) is 10.7 Å². The Labute approximate surface area is 142 Å². The summed E-state index contributed by atoms with van der Waals surface area (Å²) in [5.74, 6) is -1.26. The Morgan fingerprint density at radius 2 is 1.92 bits per heavy atom. The van der Waals surface area contributed by atoms with Crippen LogP contribution in [0, 0.1) is 6.92 Å². The van der Waals surface area contributed by atoms with Crippen molar-refractivity contribution in [1.29, 1.82) is 0 Å². The molecule has 11 nitrogen and oxygen atoms in total. The summed E-state index contributed by atoms with van der Waals surface area (Å²) in [7, 11) is -2.97. The van der Waals surface area contributed by atoms with Gasteiger partial charge >= 0.3 is 18.0 Å². The molecule has 0 fully saturated rings. The van der Waals surface area contributed by atoms with Crippen molar-refractivity contribution in [3.8, 4) is 6.01 Å². The van der Waals surface area contributed by atoms with Gasteiger partial charge in [-0.2, -0.15) is 15.0 Å². The Hall–Kier alpha value is -3.28. The third kappa shape index (κ3) is 4.60. The minimum Gasteiger partial charge on any atom is -0.478 e. The molecule has 0 saturated carbocycles. The number of ether oxygens (including phenoxy) is 1. The number of hydrogen-bond donors (Lipinski definition) is 3. The smallest absolute Gasteiger partial charge is 0.335 e. The van der Waals surface area contributed by atoms with Crippen molar-refractivity contribution in [2.45, 2.75) is 11.8 Å². The minimum atomic E-state index is -4.29. The quantitative estimate of drug-likeness (QED) is 0.679. The molecule has 12 heteroatoms. The maximum atomic E-state index is 12.2. The number of carbonyl (C=O) groups excluding carboxylic acids is 1. The number of carboxylic acids is 1. The molecule has 0 bridgehead atoms. The highest BCUT2D eigenvalue weighted by Crippen LogP contribution is 2.12. The van der Waals surface area contributed by atoms with Crippen LogP contribution >= 0.6 is 0 Å². The fourth-order valence-electron chi connectivity index (χ4n) is 1.71. The number of aromatic carboxylic acids is 1. The number of nitrogens with zero attached hydrogens (tertiary/aromatic N) is 3. The number of carboxylic acid groups (broad SMARTS) is 1. The van der Waals surface area contributed by atoms with Crippen molar-refractivity contribution in [2.75, 3.05) is 12.4 Å². The average Bonchev–Trinajstić information content (AvgIpc) is 2.53. The van der Waals surface area contributed by atoms with Crippen molar-refractivity contribution >= 4 is 28.0 Å². The Balaban J connectivity index is 2.18. The van der Waals surface area contributed by atoms with Gasteiger partial charge in [-0.3, -0.25) is 5.32 Å². The largest absolute Gasteiger partial charge is 0.478 e. The Kier molecular flexibility index (Phi) is 5.12. The summed E-state index contributed by atoms with van der Waals surface area (Å²) in [6, 6.07) is 3.36. The van der Waals surface area contributed by atoms with E-state index in [2.05, 4.69) is 20.3 Å². The van der Waals surface area contributed by atoms with Gasteiger partial charge in [0.1, 0.15) is 5.82 Å². The van der Waals surface area contributed by atoms with Crippen molar-refractivity contribution < 1.29 is 27.9 Å². The lowest BCUT2D eigenvalue weighted by Crippen LogP contribution is -2.35. The van der Waals surface area contributed by atoms with Crippen molar-refractivity contribution in [2.24, 2.45) is 0 Å². The Morgan fingerprint density at radius 1 is 1.20 bits per heavy atom. The summed E-state index contributed by atoms with van der Waals surface area (Å²) >= 11 is 0. The van der Waals surface area contributed by atoms with E-state index >= 15 is 0 Å². The zero-order chi connectivity index (χ0) is 18.6. The van der Waals surface area contributed by atoms with Crippen LogP contribution in [0.25, 0.3) is 0 Å². The molecule has 0 saturated heterocycles. The highest BCUT2D eigenvalue weighted by Gasteiger charge is 2.20. The summed E-state index contributed by atoms with van der Waals surface area (Å²) in [5.41, 5.74) is -0.235. The van der Waals surface area contributed by atoms with Crippen LogP contribution in [0.3, 0.4) is 0 Å². The van der Waals surface area contributed by atoms with Gasteiger partial charge in [0, 0.05) is 0 Å². The summed E-state index contributed by atoms with van der Waals surface area (Å²) in [5, 5.41) is 11.0. The maximum absolute atomic E-state index is 12.2. The molecule has 2 amide bonds. The van der Waals surface area contributed by atoms with E-state index in [0.717, 1.165) is 12.1 Å². The highest BCUT2D eigenvalue weighted by molar-refractivity contribution is 7.90. The summed E-state index contributed by atoms with van der Waals surface area (Å²) in [6.07, 6.45) is 0. The number of rotatable bonds is 5. The molecule has 132 valence electrons. The second-order valence-corrected chi connectivity index (χ2v) is 6.27.